The maximum Gasteiger partial charge on any atom is 0.217 e. The van der Waals surface area contributed by atoms with Gasteiger partial charge in [0.15, 0.2) is 0 Å². The maximum absolute atomic E-state index is 10.6. The van der Waals surface area contributed by atoms with E-state index in [1.54, 1.807) is 0 Å². The van der Waals surface area contributed by atoms with Crippen molar-refractivity contribution in [2.75, 3.05) is 0 Å². The van der Waals surface area contributed by atoms with Crippen LogP contribution in [0.1, 0.15) is 35.4 Å². The van der Waals surface area contributed by atoms with Crippen molar-refractivity contribution in [1.29, 1.82) is 0 Å². The number of nitrogens with two attached hydrogens (primary N) is 1. The molecule has 0 saturated carbocycles. The summed E-state index contributed by atoms with van der Waals surface area (Å²) in [6, 6.07) is 2.08. The first-order valence-electron chi connectivity index (χ1n) is 5.22. The van der Waals surface area contributed by atoms with Crippen LogP contribution >= 0.6 is 0 Å². The van der Waals surface area contributed by atoms with Crippen LogP contribution < -0.4 is 5.73 Å². The highest BCUT2D eigenvalue weighted by Gasteiger charge is 2.05. The molecule has 0 aliphatic carbocycles. The molecule has 0 fully saturated rings. The van der Waals surface area contributed by atoms with Gasteiger partial charge in [-0.1, -0.05) is 0 Å². The minimum Gasteiger partial charge on any atom is -0.370 e. The van der Waals surface area contributed by atoms with Crippen molar-refractivity contribution in [3.63, 3.8) is 0 Å². The van der Waals surface area contributed by atoms with Crippen LogP contribution in [0, 0.1) is 20.8 Å². The summed E-state index contributed by atoms with van der Waals surface area (Å²) >= 11 is 0. The van der Waals surface area contributed by atoms with Crippen LogP contribution in [-0.4, -0.2) is 10.9 Å². The molecule has 3 heteroatoms. The summed E-state index contributed by atoms with van der Waals surface area (Å²) < 4.78 is 0. The molecule has 1 heterocycles. The van der Waals surface area contributed by atoms with Crippen LogP contribution in [0.15, 0.2) is 6.07 Å². The molecule has 0 saturated heterocycles. The molecule has 3 nitrogen and oxygen atoms in total. The molecular formula is C12H18N2O. The molecule has 0 bridgehead atoms. The number of aryl methyl sites for hydroxylation is 3. The van der Waals surface area contributed by atoms with E-state index in [9.17, 15) is 4.79 Å². The number of pyridine rings is 1. The Balaban J connectivity index is 2.72. The highest BCUT2D eigenvalue weighted by molar-refractivity contribution is 5.73. The summed E-state index contributed by atoms with van der Waals surface area (Å²) in [6.07, 6.45) is 2.14. The first kappa shape index (κ1) is 11.7. The van der Waals surface area contributed by atoms with Crippen molar-refractivity contribution in [2.24, 2.45) is 5.73 Å². The van der Waals surface area contributed by atoms with E-state index in [0.717, 1.165) is 24.2 Å². The first-order valence-corrected chi connectivity index (χ1v) is 5.22. The summed E-state index contributed by atoms with van der Waals surface area (Å²) in [5.41, 5.74) is 9.72. The molecule has 1 rings (SSSR count). The first-order chi connectivity index (χ1) is 7.00. The van der Waals surface area contributed by atoms with E-state index in [4.69, 9.17) is 5.73 Å². The number of hydrogen-bond donors (Lipinski definition) is 1. The molecule has 1 amide bonds. The molecule has 0 atom stereocenters. The van der Waals surface area contributed by atoms with Gasteiger partial charge in [0.1, 0.15) is 0 Å². The van der Waals surface area contributed by atoms with Gasteiger partial charge in [-0.15, -0.1) is 0 Å². The standard InChI is InChI=1S/C12H18N2O/c1-8-7-9(2)14-10(3)11(8)5-4-6-12(13)15/h7H,4-6H2,1-3H3,(H2,13,15). The number of rotatable bonds is 4. The zero-order chi connectivity index (χ0) is 11.4. The summed E-state index contributed by atoms with van der Waals surface area (Å²) in [5.74, 6) is -0.231. The quantitative estimate of drug-likeness (QED) is 0.816. The van der Waals surface area contributed by atoms with Crippen LogP contribution in [-0.2, 0) is 11.2 Å². The monoisotopic (exact) mass is 206 g/mol. The molecule has 0 unspecified atom stereocenters. The smallest absolute Gasteiger partial charge is 0.217 e. The van der Waals surface area contributed by atoms with Crippen molar-refractivity contribution in [3.8, 4) is 0 Å². The lowest BCUT2D eigenvalue weighted by Gasteiger charge is -2.09. The van der Waals surface area contributed by atoms with Crippen molar-refractivity contribution in [3.05, 3.63) is 28.6 Å². The van der Waals surface area contributed by atoms with E-state index in [2.05, 4.69) is 18.0 Å². The van der Waals surface area contributed by atoms with Crippen LogP contribution in [0.2, 0.25) is 0 Å². The Morgan fingerprint density at radius 2 is 2.07 bits per heavy atom. The number of aromatic nitrogens is 1. The highest BCUT2D eigenvalue weighted by Crippen LogP contribution is 2.15. The topological polar surface area (TPSA) is 56.0 Å². The molecule has 2 N–H and O–H groups in total. The van der Waals surface area contributed by atoms with E-state index in [0.29, 0.717) is 6.42 Å². The van der Waals surface area contributed by atoms with E-state index < -0.39 is 0 Å². The molecule has 15 heavy (non-hydrogen) atoms. The van der Waals surface area contributed by atoms with E-state index in [-0.39, 0.29) is 5.91 Å². The predicted molar refractivity (Wildman–Crippen MR) is 60.6 cm³/mol. The number of hydrogen-bond acceptors (Lipinski definition) is 2. The zero-order valence-electron chi connectivity index (χ0n) is 9.63. The van der Waals surface area contributed by atoms with Gasteiger partial charge < -0.3 is 5.73 Å². The summed E-state index contributed by atoms with van der Waals surface area (Å²) in [7, 11) is 0. The summed E-state index contributed by atoms with van der Waals surface area (Å²) in [5, 5.41) is 0. The van der Waals surface area contributed by atoms with Crippen LogP contribution in [0.5, 0.6) is 0 Å². The third-order valence-corrected chi connectivity index (χ3v) is 2.53. The largest absolute Gasteiger partial charge is 0.370 e. The Kier molecular flexibility index (Phi) is 3.83. The van der Waals surface area contributed by atoms with Gasteiger partial charge in [0.25, 0.3) is 0 Å². The predicted octanol–water partition coefficient (Wildman–Crippen LogP) is 1.81. The van der Waals surface area contributed by atoms with Gasteiger partial charge in [-0.2, -0.15) is 0 Å². The van der Waals surface area contributed by atoms with Crippen molar-refractivity contribution < 1.29 is 4.79 Å². The highest BCUT2D eigenvalue weighted by atomic mass is 16.1. The molecule has 0 radical (unpaired) electrons. The molecule has 0 spiro atoms. The second kappa shape index (κ2) is 4.91. The fourth-order valence-corrected chi connectivity index (χ4v) is 1.87. The van der Waals surface area contributed by atoms with Gasteiger partial charge in [-0.3, -0.25) is 9.78 Å². The van der Waals surface area contributed by atoms with Gasteiger partial charge in [-0.25, -0.2) is 0 Å². The van der Waals surface area contributed by atoms with Crippen molar-refractivity contribution in [1.82, 2.24) is 4.98 Å². The number of primary amides is 1. The fourth-order valence-electron chi connectivity index (χ4n) is 1.87. The second-order valence-corrected chi connectivity index (χ2v) is 3.96. The fraction of sp³-hybridized carbons (Fsp3) is 0.500. The average Bonchev–Trinajstić information content (AvgIpc) is 2.08. The van der Waals surface area contributed by atoms with Crippen molar-refractivity contribution >= 4 is 5.91 Å². The van der Waals surface area contributed by atoms with E-state index in [1.165, 1.54) is 11.1 Å². The lowest BCUT2D eigenvalue weighted by molar-refractivity contribution is -0.118. The third kappa shape index (κ3) is 3.35. The average molecular weight is 206 g/mol. The lowest BCUT2D eigenvalue weighted by Crippen LogP contribution is -2.10. The molecule has 1 aromatic rings. The third-order valence-electron chi connectivity index (χ3n) is 2.53. The Bertz CT molecular complexity index is 349. The van der Waals surface area contributed by atoms with Crippen LogP contribution in [0.3, 0.4) is 0 Å². The van der Waals surface area contributed by atoms with E-state index >= 15 is 0 Å². The Labute approximate surface area is 90.7 Å². The molecular weight excluding hydrogens is 188 g/mol. The number of nitrogens with zero attached hydrogens (tertiary/aromatic N) is 1. The Hall–Kier alpha value is -1.38. The number of carbonyl (C=O) groups excluding carboxylic acids is 1. The van der Waals surface area contributed by atoms with Crippen molar-refractivity contribution in [2.45, 2.75) is 40.0 Å². The van der Waals surface area contributed by atoms with Gasteiger partial charge >= 0.3 is 0 Å². The molecule has 0 aliphatic rings. The lowest BCUT2D eigenvalue weighted by atomic mass is 10.0. The van der Waals surface area contributed by atoms with Gasteiger partial charge in [0.2, 0.25) is 5.91 Å². The minimum absolute atomic E-state index is 0.231. The summed E-state index contributed by atoms with van der Waals surface area (Å²) in [6.45, 7) is 6.09. The number of amides is 1. The molecule has 1 aromatic heterocycles. The Morgan fingerprint density at radius 3 is 2.60 bits per heavy atom. The number of carbonyl (C=O) groups is 1. The van der Waals surface area contributed by atoms with E-state index in [1.807, 2.05) is 13.8 Å². The SMILES string of the molecule is Cc1cc(C)c(CCCC(N)=O)c(C)n1. The Morgan fingerprint density at radius 1 is 1.40 bits per heavy atom. The summed E-state index contributed by atoms with van der Waals surface area (Å²) in [4.78, 5) is 15.0. The minimum atomic E-state index is -0.231. The zero-order valence-corrected chi connectivity index (χ0v) is 9.63. The van der Waals surface area contributed by atoms with Gasteiger partial charge in [-0.05, 0) is 50.8 Å². The van der Waals surface area contributed by atoms with Crippen LogP contribution in [0.25, 0.3) is 0 Å². The van der Waals surface area contributed by atoms with Crippen LogP contribution in [0.4, 0.5) is 0 Å². The second-order valence-electron chi connectivity index (χ2n) is 3.96. The molecule has 82 valence electrons. The van der Waals surface area contributed by atoms with Gasteiger partial charge in [0, 0.05) is 17.8 Å². The normalized spacial score (nSPS) is 10.3. The molecule has 0 aliphatic heterocycles. The molecule has 0 aromatic carbocycles. The van der Waals surface area contributed by atoms with Gasteiger partial charge in [0.05, 0.1) is 0 Å². The maximum atomic E-state index is 10.6.